The number of amides is 1. The van der Waals surface area contributed by atoms with Crippen molar-refractivity contribution in [3.05, 3.63) is 0 Å². The standard InChI is InChI=1S/C11H19NO4/c1-10(2,16)5-12-8(13)6-7(9(14)15)11(6,3)4/h6-7,16H,5H2,1-4H3,(H,12,13)(H,14,15)/t6-,7+/m1/s1. The second kappa shape index (κ2) is 3.73. The van der Waals surface area contributed by atoms with Crippen LogP contribution in [-0.2, 0) is 9.59 Å². The molecule has 1 amide bonds. The van der Waals surface area contributed by atoms with Gasteiger partial charge in [-0.3, -0.25) is 9.59 Å². The molecule has 2 atom stereocenters. The van der Waals surface area contributed by atoms with Gasteiger partial charge in [-0.15, -0.1) is 0 Å². The van der Waals surface area contributed by atoms with Crippen LogP contribution in [0.5, 0.6) is 0 Å². The van der Waals surface area contributed by atoms with Crippen LogP contribution in [0.15, 0.2) is 0 Å². The summed E-state index contributed by atoms with van der Waals surface area (Å²) in [5, 5.41) is 20.9. The SMILES string of the molecule is CC(C)(O)CNC(=O)[C@H]1[C@@H](C(=O)O)C1(C)C. The molecule has 0 aliphatic heterocycles. The molecule has 3 N–H and O–H groups in total. The van der Waals surface area contributed by atoms with Crippen LogP contribution in [0.4, 0.5) is 0 Å². The van der Waals surface area contributed by atoms with Gasteiger partial charge in [-0.25, -0.2) is 0 Å². The number of carboxylic acid groups (broad SMARTS) is 1. The van der Waals surface area contributed by atoms with Crippen LogP contribution in [0, 0.1) is 17.3 Å². The summed E-state index contributed by atoms with van der Waals surface area (Å²) in [4.78, 5) is 22.6. The maximum Gasteiger partial charge on any atom is 0.307 e. The minimum absolute atomic E-state index is 0.130. The van der Waals surface area contributed by atoms with E-state index in [2.05, 4.69) is 5.32 Å². The first-order chi connectivity index (χ1) is 7.07. The molecule has 1 saturated carbocycles. The third-order valence-electron chi connectivity index (χ3n) is 3.07. The van der Waals surface area contributed by atoms with Crippen molar-refractivity contribution in [2.24, 2.45) is 17.3 Å². The van der Waals surface area contributed by atoms with Gasteiger partial charge in [0.2, 0.25) is 5.91 Å². The Morgan fingerprint density at radius 2 is 1.81 bits per heavy atom. The van der Waals surface area contributed by atoms with Crippen molar-refractivity contribution < 1.29 is 19.8 Å². The molecule has 1 aliphatic carbocycles. The van der Waals surface area contributed by atoms with Gasteiger partial charge in [-0.1, -0.05) is 13.8 Å². The maximum absolute atomic E-state index is 11.7. The number of aliphatic hydroxyl groups is 1. The molecule has 5 heteroatoms. The van der Waals surface area contributed by atoms with Gasteiger partial charge in [0.05, 0.1) is 17.4 Å². The minimum atomic E-state index is -0.979. The number of hydrogen-bond donors (Lipinski definition) is 3. The van der Waals surface area contributed by atoms with Gasteiger partial charge in [0.15, 0.2) is 0 Å². The number of carbonyl (C=O) groups is 2. The highest BCUT2D eigenvalue weighted by Gasteiger charge is 2.65. The summed E-state index contributed by atoms with van der Waals surface area (Å²) in [7, 11) is 0. The van der Waals surface area contributed by atoms with Crippen LogP contribution in [0.2, 0.25) is 0 Å². The second-order valence-electron chi connectivity index (χ2n) is 5.65. The molecular weight excluding hydrogens is 210 g/mol. The van der Waals surface area contributed by atoms with Crippen LogP contribution in [0.3, 0.4) is 0 Å². The van der Waals surface area contributed by atoms with Gasteiger partial charge in [0.25, 0.3) is 0 Å². The molecule has 92 valence electrons. The van der Waals surface area contributed by atoms with Crippen LogP contribution < -0.4 is 5.32 Å². The molecule has 0 heterocycles. The fourth-order valence-corrected chi connectivity index (χ4v) is 2.00. The van der Waals surface area contributed by atoms with Crippen molar-refractivity contribution in [3.8, 4) is 0 Å². The van der Waals surface area contributed by atoms with E-state index >= 15 is 0 Å². The molecule has 0 saturated heterocycles. The lowest BCUT2D eigenvalue weighted by molar-refractivity contribution is -0.140. The second-order valence-corrected chi connectivity index (χ2v) is 5.65. The van der Waals surface area contributed by atoms with E-state index in [4.69, 9.17) is 5.11 Å². The Morgan fingerprint density at radius 1 is 1.31 bits per heavy atom. The first-order valence-corrected chi connectivity index (χ1v) is 5.30. The predicted octanol–water partition coefficient (Wildman–Crippen LogP) is 0.230. The van der Waals surface area contributed by atoms with Gasteiger partial charge in [-0.05, 0) is 19.3 Å². The van der Waals surface area contributed by atoms with Gasteiger partial charge in [0, 0.05) is 6.54 Å². The molecule has 0 spiro atoms. The summed E-state index contributed by atoms with van der Waals surface area (Å²) >= 11 is 0. The van der Waals surface area contributed by atoms with E-state index in [9.17, 15) is 14.7 Å². The minimum Gasteiger partial charge on any atom is -0.481 e. The molecular formula is C11H19NO4. The van der Waals surface area contributed by atoms with Gasteiger partial charge >= 0.3 is 5.97 Å². The first-order valence-electron chi connectivity index (χ1n) is 5.30. The van der Waals surface area contributed by atoms with E-state index < -0.39 is 28.8 Å². The molecule has 0 unspecified atom stereocenters. The van der Waals surface area contributed by atoms with E-state index in [1.54, 1.807) is 27.7 Å². The van der Waals surface area contributed by atoms with E-state index in [-0.39, 0.29) is 12.5 Å². The molecule has 0 bridgehead atoms. The van der Waals surface area contributed by atoms with Crippen LogP contribution in [0.1, 0.15) is 27.7 Å². The molecule has 1 fully saturated rings. The monoisotopic (exact) mass is 229 g/mol. The smallest absolute Gasteiger partial charge is 0.307 e. The lowest BCUT2D eigenvalue weighted by atomic mass is 10.1. The third kappa shape index (κ3) is 2.52. The Labute approximate surface area is 94.8 Å². The van der Waals surface area contributed by atoms with E-state index in [1.165, 1.54) is 0 Å². The normalized spacial score (nSPS) is 27.3. The molecule has 0 radical (unpaired) electrons. The van der Waals surface area contributed by atoms with Gasteiger partial charge < -0.3 is 15.5 Å². The quantitative estimate of drug-likeness (QED) is 0.644. The molecule has 1 aliphatic rings. The van der Waals surface area contributed by atoms with Crippen molar-refractivity contribution in [2.75, 3.05) is 6.54 Å². The van der Waals surface area contributed by atoms with E-state index in [0.29, 0.717) is 0 Å². The Bertz CT molecular complexity index is 316. The topological polar surface area (TPSA) is 86.6 Å². The lowest BCUT2D eigenvalue weighted by Crippen LogP contribution is -2.39. The zero-order valence-electron chi connectivity index (χ0n) is 10.1. The Kier molecular flexibility index (Phi) is 3.02. The first kappa shape index (κ1) is 13.0. The van der Waals surface area contributed by atoms with Gasteiger partial charge in [-0.2, -0.15) is 0 Å². The summed E-state index contributed by atoms with van der Waals surface area (Å²) in [5.41, 5.74) is -1.47. The summed E-state index contributed by atoms with van der Waals surface area (Å²) in [6, 6.07) is 0. The van der Waals surface area contributed by atoms with Crippen molar-refractivity contribution in [1.29, 1.82) is 0 Å². The highest BCUT2D eigenvalue weighted by Crippen LogP contribution is 2.58. The van der Waals surface area contributed by atoms with Crippen molar-refractivity contribution in [2.45, 2.75) is 33.3 Å². The number of carboxylic acids is 1. The molecule has 0 aromatic heterocycles. The van der Waals surface area contributed by atoms with Crippen LogP contribution in [0.25, 0.3) is 0 Å². The number of carbonyl (C=O) groups excluding carboxylic acids is 1. The number of nitrogens with one attached hydrogen (secondary N) is 1. The third-order valence-corrected chi connectivity index (χ3v) is 3.07. The fourth-order valence-electron chi connectivity index (χ4n) is 2.00. The molecule has 5 nitrogen and oxygen atoms in total. The lowest BCUT2D eigenvalue weighted by Gasteiger charge is -2.17. The van der Waals surface area contributed by atoms with Gasteiger partial charge in [0.1, 0.15) is 0 Å². The molecule has 0 aromatic rings. The average molecular weight is 229 g/mol. The summed E-state index contributed by atoms with van der Waals surface area (Å²) in [6.45, 7) is 6.82. The average Bonchev–Trinajstić information content (AvgIpc) is 2.63. The largest absolute Gasteiger partial charge is 0.481 e. The Balaban J connectivity index is 2.55. The summed E-state index contributed by atoms with van der Waals surface area (Å²) in [6.07, 6.45) is 0. The molecule has 0 aromatic carbocycles. The Hall–Kier alpha value is -1.10. The van der Waals surface area contributed by atoms with Crippen LogP contribution in [-0.4, -0.2) is 34.2 Å². The van der Waals surface area contributed by atoms with Crippen molar-refractivity contribution in [3.63, 3.8) is 0 Å². The number of hydrogen-bond acceptors (Lipinski definition) is 3. The number of aliphatic carboxylic acids is 1. The maximum atomic E-state index is 11.7. The highest BCUT2D eigenvalue weighted by atomic mass is 16.4. The zero-order chi connectivity index (χ0) is 12.7. The molecule has 16 heavy (non-hydrogen) atoms. The van der Waals surface area contributed by atoms with Crippen LogP contribution >= 0.6 is 0 Å². The molecule has 1 rings (SSSR count). The number of rotatable bonds is 4. The van der Waals surface area contributed by atoms with Crippen molar-refractivity contribution in [1.82, 2.24) is 5.32 Å². The summed E-state index contributed by atoms with van der Waals surface area (Å²) < 4.78 is 0. The predicted molar refractivity (Wildman–Crippen MR) is 57.7 cm³/mol. The van der Waals surface area contributed by atoms with E-state index in [1.807, 2.05) is 0 Å². The zero-order valence-corrected chi connectivity index (χ0v) is 10.1. The summed E-state index contributed by atoms with van der Waals surface area (Å²) in [5.74, 6) is -2.34. The Morgan fingerprint density at radius 3 is 2.12 bits per heavy atom. The van der Waals surface area contributed by atoms with Crippen molar-refractivity contribution >= 4 is 11.9 Å². The van der Waals surface area contributed by atoms with E-state index in [0.717, 1.165) is 0 Å². The highest BCUT2D eigenvalue weighted by molar-refractivity contribution is 5.91. The fraction of sp³-hybridized carbons (Fsp3) is 0.818.